The quantitative estimate of drug-likeness (QED) is 0.610. The summed E-state index contributed by atoms with van der Waals surface area (Å²) in [5.41, 5.74) is 0. The van der Waals surface area contributed by atoms with Crippen LogP contribution in [0.4, 0.5) is 0 Å². The van der Waals surface area contributed by atoms with Crippen LogP contribution in [0.1, 0.15) is 11.8 Å². The van der Waals surface area contributed by atoms with Crippen LogP contribution in [0.3, 0.4) is 0 Å². The molecule has 2 aromatic rings. The zero-order chi connectivity index (χ0) is 14.9. The van der Waals surface area contributed by atoms with E-state index in [2.05, 4.69) is 57.0 Å². The average Bonchev–Trinajstić information content (AvgIpc) is 3.16. The molecule has 2 N–H and O–H groups in total. The summed E-state index contributed by atoms with van der Waals surface area (Å²) < 4.78 is 2.15. The predicted octanol–water partition coefficient (Wildman–Crippen LogP) is 2.59. The Bertz CT molecular complexity index is 516. The first-order valence-electron chi connectivity index (χ1n) is 7.35. The maximum Gasteiger partial charge on any atom is 0.191 e. The molecule has 1 atom stereocenters. The minimum absolute atomic E-state index is 0.589. The summed E-state index contributed by atoms with van der Waals surface area (Å²) in [7, 11) is 1.81. The molecule has 0 saturated carbocycles. The number of aliphatic imine (C=N–C) groups is 1. The Labute approximate surface area is 130 Å². The summed E-state index contributed by atoms with van der Waals surface area (Å²) >= 11 is 1.83. The fourth-order valence-electron chi connectivity index (χ4n) is 2.16. The molecular weight excluding hydrogens is 280 g/mol. The third-order valence-electron chi connectivity index (χ3n) is 3.30. The molecule has 0 aliphatic heterocycles. The van der Waals surface area contributed by atoms with Gasteiger partial charge in [-0.3, -0.25) is 4.99 Å². The van der Waals surface area contributed by atoms with Crippen molar-refractivity contribution < 1.29 is 0 Å². The molecule has 1 unspecified atom stereocenters. The molecule has 0 spiro atoms. The Morgan fingerprint density at radius 2 is 2.10 bits per heavy atom. The number of rotatable bonds is 7. The van der Waals surface area contributed by atoms with E-state index < -0.39 is 0 Å². The number of hydrogen-bond donors (Lipinski definition) is 2. The summed E-state index contributed by atoms with van der Waals surface area (Å²) in [6, 6.07) is 8.39. The Hall–Kier alpha value is -1.75. The molecule has 0 fully saturated rings. The molecule has 0 saturated heterocycles. The maximum absolute atomic E-state index is 4.26. The number of hydrogen-bond acceptors (Lipinski definition) is 2. The van der Waals surface area contributed by atoms with Crippen molar-refractivity contribution in [3.05, 3.63) is 46.9 Å². The molecule has 21 heavy (non-hydrogen) atoms. The Kier molecular flexibility index (Phi) is 6.34. The average molecular weight is 304 g/mol. The van der Waals surface area contributed by atoms with Crippen LogP contribution in [0.25, 0.3) is 0 Å². The van der Waals surface area contributed by atoms with Crippen LogP contribution < -0.4 is 10.6 Å². The number of nitrogens with zero attached hydrogens (tertiary/aromatic N) is 2. The molecule has 0 aliphatic rings. The SMILES string of the molecule is CN=C(NCCn1cccc1)NCC(C)Cc1cccs1. The van der Waals surface area contributed by atoms with Crippen molar-refractivity contribution in [2.24, 2.45) is 10.9 Å². The second-order valence-corrected chi connectivity index (χ2v) is 6.22. The summed E-state index contributed by atoms with van der Waals surface area (Å²) in [4.78, 5) is 5.71. The molecule has 0 bridgehead atoms. The van der Waals surface area contributed by atoms with Gasteiger partial charge >= 0.3 is 0 Å². The molecule has 0 aliphatic carbocycles. The van der Waals surface area contributed by atoms with Crippen LogP contribution in [0, 0.1) is 5.92 Å². The summed E-state index contributed by atoms with van der Waals surface area (Å²) in [5.74, 6) is 1.46. The van der Waals surface area contributed by atoms with E-state index in [9.17, 15) is 0 Å². The Balaban J connectivity index is 1.65. The molecule has 0 amide bonds. The van der Waals surface area contributed by atoms with Gasteiger partial charge in [0.05, 0.1) is 0 Å². The predicted molar refractivity (Wildman–Crippen MR) is 91.0 cm³/mol. The summed E-state index contributed by atoms with van der Waals surface area (Å²) in [6.07, 6.45) is 5.26. The van der Waals surface area contributed by atoms with Crippen molar-refractivity contribution in [2.45, 2.75) is 19.9 Å². The number of guanidine groups is 1. The van der Waals surface area contributed by atoms with Gasteiger partial charge in [-0.25, -0.2) is 0 Å². The molecule has 2 rings (SSSR count). The van der Waals surface area contributed by atoms with Gasteiger partial charge in [0.15, 0.2) is 5.96 Å². The van der Waals surface area contributed by atoms with Crippen LogP contribution in [0.2, 0.25) is 0 Å². The molecular formula is C16H24N4S. The van der Waals surface area contributed by atoms with Gasteiger partial charge in [-0.2, -0.15) is 0 Å². The molecule has 0 radical (unpaired) electrons. The van der Waals surface area contributed by atoms with Crippen LogP contribution in [-0.2, 0) is 13.0 Å². The summed E-state index contributed by atoms with van der Waals surface area (Å²) in [5, 5.41) is 8.87. The minimum atomic E-state index is 0.589. The molecule has 2 aromatic heterocycles. The number of aromatic nitrogens is 1. The smallest absolute Gasteiger partial charge is 0.191 e. The van der Waals surface area contributed by atoms with Gasteiger partial charge in [0.2, 0.25) is 0 Å². The summed E-state index contributed by atoms with van der Waals surface area (Å²) in [6.45, 7) is 5.01. The van der Waals surface area contributed by atoms with Gasteiger partial charge < -0.3 is 15.2 Å². The zero-order valence-electron chi connectivity index (χ0n) is 12.7. The van der Waals surface area contributed by atoms with E-state index in [-0.39, 0.29) is 0 Å². The first-order valence-corrected chi connectivity index (χ1v) is 8.23. The van der Waals surface area contributed by atoms with Gasteiger partial charge in [-0.05, 0) is 35.9 Å². The van der Waals surface area contributed by atoms with Crippen LogP contribution in [-0.4, -0.2) is 30.7 Å². The standard InChI is InChI=1S/C16H24N4S/c1-14(12-15-6-5-11-21-15)13-19-16(17-2)18-7-10-20-8-3-4-9-20/h3-6,8-9,11,14H,7,10,12-13H2,1-2H3,(H2,17,18,19). The Morgan fingerprint density at radius 3 is 2.76 bits per heavy atom. The van der Waals surface area contributed by atoms with Crippen LogP contribution in [0.15, 0.2) is 47.0 Å². The van der Waals surface area contributed by atoms with Crippen LogP contribution >= 0.6 is 11.3 Å². The third kappa shape index (κ3) is 5.63. The van der Waals surface area contributed by atoms with Gasteiger partial charge in [-0.15, -0.1) is 11.3 Å². The van der Waals surface area contributed by atoms with Crippen molar-refractivity contribution in [1.29, 1.82) is 0 Å². The second-order valence-electron chi connectivity index (χ2n) is 5.19. The van der Waals surface area contributed by atoms with Crippen molar-refractivity contribution in [1.82, 2.24) is 15.2 Å². The van der Waals surface area contributed by atoms with Gasteiger partial charge in [0, 0.05) is 44.0 Å². The van der Waals surface area contributed by atoms with E-state index >= 15 is 0 Å². The molecule has 4 nitrogen and oxygen atoms in total. The monoisotopic (exact) mass is 304 g/mol. The minimum Gasteiger partial charge on any atom is -0.356 e. The van der Waals surface area contributed by atoms with E-state index in [0.29, 0.717) is 5.92 Å². The molecule has 5 heteroatoms. The second kappa shape index (κ2) is 8.52. The first-order chi connectivity index (χ1) is 10.3. The lowest BCUT2D eigenvalue weighted by atomic mass is 10.1. The van der Waals surface area contributed by atoms with Gasteiger partial charge in [0.25, 0.3) is 0 Å². The molecule has 2 heterocycles. The lowest BCUT2D eigenvalue weighted by molar-refractivity contribution is 0.559. The fourth-order valence-corrected chi connectivity index (χ4v) is 3.03. The van der Waals surface area contributed by atoms with E-state index in [4.69, 9.17) is 0 Å². The molecule has 0 aromatic carbocycles. The largest absolute Gasteiger partial charge is 0.356 e. The number of nitrogens with one attached hydrogen (secondary N) is 2. The van der Waals surface area contributed by atoms with Crippen molar-refractivity contribution in [2.75, 3.05) is 20.1 Å². The lowest BCUT2D eigenvalue weighted by Gasteiger charge is -2.15. The van der Waals surface area contributed by atoms with E-state index in [1.165, 1.54) is 4.88 Å². The Morgan fingerprint density at radius 1 is 1.29 bits per heavy atom. The van der Waals surface area contributed by atoms with Gasteiger partial charge in [0.1, 0.15) is 0 Å². The lowest BCUT2D eigenvalue weighted by Crippen LogP contribution is -2.40. The van der Waals surface area contributed by atoms with E-state index in [1.54, 1.807) is 0 Å². The highest BCUT2D eigenvalue weighted by Gasteiger charge is 2.05. The highest BCUT2D eigenvalue weighted by atomic mass is 32.1. The topological polar surface area (TPSA) is 41.4 Å². The van der Waals surface area contributed by atoms with E-state index in [1.807, 2.05) is 30.5 Å². The fraction of sp³-hybridized carbons (Fsp3) is 0.438. The maximum atomic E-state index is 4.26. The highest BCUT2D eigenvalue weighted by Crippen LogP contribution is 2.13. The van der Waals surface area contributed by atoms with Crippen molar-refractivity contribution in [3.63, 3.8) is 0 Å². The molecule has 114 valence electrons. The normalized spacial score (nSPS) is 13.1. The zero-order valence-corrected chi connectivity index (χ0v) is 13.6. The number of thiophene rings is 1. The highest BCUT2D eigenvalue weighted by molar-refractivity contribution is 7.09. The van der Waals surface area contributed by atoms with Gasteiger partial charge in [-0.1, -0.05) is 13.0 Å². The van der Waals surface area contributed by atoms with Crippen molar-refractivity contribution in [3.8, 4) is 0 Å². The first kappa shape index (κ1) is 15.6. The van der Waals surface area contributed by atoms with Crippen LogP contribution in [0.5, 0.6) is 0 Å². The van der Waals surface area contributed by atoms with E-state index in [0.717, 1.165) is 32.0 Å². The van der Waals surface area contributed by atoms with Crippen molar-refractivity contribution >= 4 is 17.3 Å². The third-order valence-corrected chi connectivity index (χ3v) is 4.20.